The monoisotopic (exact) mass is 257 g/mol. The highest BCUT2D eigenvalue weighted by atomic mass is 19.1. The Hall–Kier alpha value is -1.49. The molecule has 0 aromatic heterocycles. The highest BCUT2D eigenvalue weighted by Gasteiger charge is 2.15. The Morgan fingerprint density at radius 3 is 2.78 bits per heavy atom. The lowest BCUT2D eigenvalue weighted by Crippen LogP contribution is -2.31. The van der Waals surface area contributed by atoms with Crippen molar-refractivity contribution >= 4 is 5.97 Å². The fourth-order valence-electron chi connectivity index (χ4n) is 1.66. The van der Waals surface area contributed by atoms with E-state index in [0.717, 1.165) is 18.2 Å². The summed E-state index contributed by atoms with van der Waals surface area (Å²) < 4.78 is 31.3. The fraction of sp³-hybridized carbons (Fsp3) is 0.462. The molecule has 0 fully saturated rings. The minimum absolute atomic E-state index is 0.125. The molecule has 1 aromatic carbocycles. The molecule has 1 rings (SSSR count). The molecule has 0 aliphatic rings. The van der Waals surface area contributed by atoms with E-state index in [1.54, 1.807) is 14.0 Å². The molecule has 1 atom stereocenters. The van der Waals surface area contributed by atoms with E-state index in [-0.39, 0.29) is 30.4 Å². The van der Waals surface area contributed by atoms with Gasteiger partial charge in [0, 0.05) is 6.04 Å². The summed E-state index contributed by atoms with van der Waals surface area (Å²) in [5.41, 5.74) is 0.249. The third-order valence-corrected chi connectivity index (χ3v) is 2.60. The molecule has 1 unspecified atom stereocenters. The highest BCUT2D eigenvalue weighted by Crippen LogP contribution is 2.13. The van der Waals surface area contributed by atoms with Gasteiger partial charge in [0.05, 0.1) is 13.0 Å². The first-order valence-electron chi connectivity index (χ1n) is 5.83. The minimum Gasteiger partial charge on any atom is -0.466 e. The summed E-state index contributed by atoms with van der Waals surface area (Å²) in [6, 6.07) is 3.02. The van der Waals surface area contributed by atoms with Crippen LogP contribution in [-0.2, 0) is 16.0 Å². The summed E-state index contributed by atoms with van der Waals surface area (Å²) >= 11 is 0. The molecule has 1 aromatic rings. The van der Waals surface area contributed by atoms with Crippen LogP contribution in [0.5, 0.6) is 0 Å². The van der Waals surface area contributed by atoms with Crippen molar-refractivity contribution in [2.75, 3.05) is 13.7 Å². The van der Waals surface area contributed by atoms with E-state index in [0.29, 0.717) is 6.61 Å². The van der Waals surface area contributed by atoms with Gasteiger partial charge in [-0.15, -0.1) is 0 Å². The first kappa shape index (κ1) is 14.6. The van der Waals surface area contributed by atoms with Crippen LogP contribution < -0.4 is 5.32 Å². The van der Waals surface area contributed by atoms with Gasteiger partial charge in [0.15, 0.2) is 0 Å². The maximum atomic E-state index is 13.4. The van der Waals surface area contributed by atoms with E-state index in [2.05, 4.69) is 5.32 Å². The van der Waals surface area contributed by atoms with E-state index in [1.807, 2.05) is 0 Å². The number of benzene rings is 1. The molecule has 0 spiro atoms. The van der Waals surface area contributed by atoms with Gasteiger partial charge in [0.25, 0.3) is 0 Å². The maximum absolute atomic E-state index is 13.4. The van der Waals surface area contributed by atoms with Crippen molar-refractivity contribution in [3.8, 4) is 0 Å². The van der Waals surface area contributed by atoms with Crippen LogP contribution in [0.4, 0.5) is 8.78 Å². The lowest BCUT2D eigenvalue weighted by molar-refractivity contribution is -0.143. The van der Waals surface area contributed by atoms with Gasteiger partial charge in [0.1, 0.15) is 11.6 Å². The zero-order valence-electron chi connectivity index (χ0n) is 10.5. The number of esters is 1. The molecular formula is C13H17F2NO2. The SMILES string of the molecule is CCOC(=O)CC(Cc1cc(F)ccc1F)NC. The predicted molar refractivity (Wildman–Crippen MR) is 64.2 cm³/mol. The summed E-state index contributed by atoms with van der Waals surface area (Å²) in [6.45, 7) is 2.03. The summed E-state index contributed by atoms with van der Waals surface area (Å²) in [7, 11) is 1.67. The van der Waals surface area contributed by atoms with Crippen molar-refractivity contribution in [2.24, 2.45) is 0 Å². The number of hydrogen-bond donors (Lipinski definition) is 1. The molecule has 0 saturated carbocycles. The Balaban J connectivity index is 2.67. The molecule has 0 saturated heterocycles. The summed E-state index contributed by atoms with van der Waals surface area (Å²) in [4.78, 5) is 11.3. The van der Waals surface area contributed by atoms with Crippen LogP contribution in [0.3, 0.4) is 0 Å². The summed E-state index contributed by atoms with van der Waals surface area (Å²) in [5.74, 6) is -1.31. The van der Waals surface area contributed by atoms with Crippen molar-refractivity contribution in [3.05, 3.63) is 35.4 Å². The zero-order chi connectivity index (χ0) is 13.5. The second-order valence-corrected chi connectivity index (χ2v) is 3.93. The smallest absolute Gasteiger partial charge is 0.307 e. The number of halogens is 2. The molecule has 1 N–H and O–H groups in total. The van der Waals surface area contributed by atoms with Crippen LogP contribution in [-0.4, -0.2) is 25.7 Å². The van der Waals surface area contributed by atoms with Gasteiger partial charge < -0.3 is 10.1 Å². The highest BCUT2D eigenvalue weighted by molar-refractivity contribution is 5.70. The van der Waals surface area contributed by atoms with Gasteiger partial charge in [-0.25, -0.2) is 8.78 Å². The Labute approximate surface area is 105 Å². The first-order chi connectivity index (χ1) is 8.56. The number of carbonyl (C=O) groups excluding carboxylic acids is 1. The normalized spacial score (nSPS) is 12.2. The third kappa shape index (κ3) is 4.41. The fourth-order valence-corrected chi connectivity index (χ4v) is 1.66. The van der Waals surface area contributed by atoms with Crippen molar-refractivity contribution in [1.29, 1.82) is 0 Å². The number of carbonyl (C=O) groups is 1. The Morgan fingerprint density at radius 1 is 1.44 bits per heavy atom. The van der Waals surface area contributed by atoms with Gasteiger partial charge in [0.2, 0.25) is 0 Å². The second-order valence-electron chi connectivity index (χ2n) is 3.93. The predicted octanol–water partition coefficient (Wildman–Crippen LogP) is 2.05. The van der Waals surface area contributed by atoms with Crippen molar-refractivity contribution < 1.29 is 18.3 Å². The van der Waals surface area contributed by atoms with Gasteiger partial charge in [-0.05, 0) is 44.2 Å². The lowest BCUT2D eigenvalue weighted by Gasteiger charge is -2.15. The van der Waals surface area contributed by atoms with Gasteiger partial charge in [-0.3, -0.25) is 4.79 Å². The van der Waals surface area contributed by atoms with E-state index in [1.165, 1.54) is 0 Å². The minimum atomic E-state index is -0.489. The topological polar surface area (TPSA) is 38.3 Å². The van der Waals surface area contributed by atoms with E-state index in [9.17, 15) is 13.6 Å². The largest absolute Gasteiger partial charge is 0.466 e. The zero-order valence-corrected chi connectivity index (χ0v) is 10.5. The van der Waals surface area contributed by atoms with Crippen LogP contribution in [0.15, 0.2) is 18.2 Å². The molecule has 0 radical (unpaired) electrons. The Bertz CT molecular complexity index is 410. The number of hydrogen-bond acceptors (Lipinski definition) is 3. The van der Waals surface area contributed by atoms with Crippen molar-refractivity contribution in [2.45, 2.75) is 25.8 Å². The molecule has 0 amide bonds. The Kier molecular flexibility index (Phi) is 5.71. The standard InChI is InChI=1S/C13H17F2NO2/c1-3-18-13(17)8-11(16-2)7-9-6-10(14)4-5-12(9)15/h4-6,11,16H,3,7-8H2,1-2H3. The lowest BCUT2D eigenvalue weighted by atomic mass is 10.0. The third-order valence-electron chi connectivity index (χ3n) is 2.60. The average molecular weight is 257 g/mol. The molecule has 5 heteroatoms. The number of ether oxygens (including phenoxy) is 1. The number of rotatable bonds is 6. The Morgan fingerprint density at radius 2 is 2.17 bits per heavy atom. The average Bonchev–Trinajstić information content (AvgIpc) is 2.33. The maximum Gasteiger partial charge on any atom is 0.307 e. The quantitative estimate of drug-likeness (QED) is 0.793. The van der Waals surface area contributed by atoms with Crippen LogP contribution in [0.1, 0.15) is 18.9 Å². The van der Waals surface area contributed by atoms with Crippen LogP contribution in [0.2, 0.25) is 0 Å². The van der Waals surface area contributed by atoms with Crippen LogP contribution in [0, 0.1) is 11.6 Å². The number of nitrogens with one attached hydrogen (secondary N) is 1. The molecular weight excluding hydrogens is 240 g/mol. The molecule has 0 bridgehead atoms. The van der Waals surface area contributed by atoms with Gasteiger partial charge >= 0.3 is 5.97 Å². The number of likely N-dealkylation sites (N-methyl/N-ethyl adjacent to an activating group) is 1. The first-order valence-corrected chi connectivity index (χ1v) is 5.83. The molecule has 0 heterocycles. The molecule has 0 aliphatic carbocycles. The molecule has 3 nitrogen and oxygen atoms in total. The van der Waals surface area contributed by atoms with Crippen LogP contribution in [0.25, 0.3) is 0 Å². The molecule has 0 aliphatic heterocycles. The van der Waals surface area contributed by atoms with Crippen molar-refractivity contribution in [1.82, 2.24) is 5.32 Å². The molecule has 100 valence electrons. The van der Waals surface area contributed by atoms with Crippen molar-refractivity contribution in [3.63, 3.8) is 0 Å². The van der Waals surface area contributed by atoms with Gasteiger partial charge in [-0.1, -0.05) is 0 Å². The van der Waals surface area contributed by atoms with Crippen LogP contribution >= 0.6 is 0 Å². The summed E-state index contributed by atoms with van der Waals surface area (Å²) in [5, 5.41) is 2.90. The summed E-state index contributed by atoms with van der Waals surface area (Å²) in [6.07, 6.45) is 0.360. The van der Waals surface area contributed by atoms with E-state index >= 15 is 0 Å². The molecule has 18 heavy (non-hydrogen) atoms. The van der Waals surface area contributed by atoms with Gasteiger partial charge in [-0.2, -0.15) is 0 Å². The second kappa shape index (κ2) is 7.06. The van der Waals surface area contributed by atoms with E-state index in [4.69, 9.17) is 4.74 Å². The van der Waals surface area contributed by atoms with E-state index < -0.39 is 11.6 Å².